The molecule has 1 aliphatic rings. The van der Waals surface area contributed by atoms with Crippen LogP contribution in [0.15, 0.2) is 59.7 Å². The monoisotopic (exact) mass is 548 g/mol. The number of carboxylic acid groups (broad SMARTS) is 1. The van der Waals surface area contributed by atoms with Crippen molar-refractivity contribution < 1.29 is 19.5 Å². The van der Waals surface area contributed by atoms with Crippen LogP contribution in [0.3, 0.4) is 0 Å². The molecule has 1 fully saturated rings. The molecule has 1 aromatic rings. The summed E-state index contributed by atoms with van der Waals surface area (Å²) < 4.78 is 0. The van der Waals surface area contributed by atoms with Crippen LogP contribution in [0.1, 0.15) is 72.3 Å². The number of hydrogen-bond acceptors (Lipinski definition) is 3. The number of nitrogens with one attached hydrogen (secondary N) is 1. The van der Waals surface area contributed by atoms with Crippen LogP contribution in [0.5, 0.6) is 0 Å². The van der Waals surface area contributed by atoms with Crippen LogP contribution in [0.2, 0.25) is 5.02 Å². The van der Waals surface area contributed by atoms with Crippen molar-refractivity contribution in [1.82, 2.24) is 10.2 Å². The number of nitrogens with zero attached hydrogens (tertiary/aromatic N) is 1. The Morgan fingerprint density at radius 3 is 2.49 bits per heavy atom. The number of carbonyl (C=O) groups excluding carboxylic acids is 2. The number of rotatable bonds is 9. The lowest BCUT2D eigenvalue weighted by Gasteiger charge is -2.51. The van der Waals surface area contributed by atoms with Gasteiger partial charge in [-0.3, -0.25) is 14.4 Å². The predicted molar refractivity (Wildman–Crippen MR) is 150 cm³/mol. The van der Waals surface area contributed by atoms with Crippen molar-refractivity contribution in [2.45, 2.75) is 84.3 Å². The summed E-state index contributed by atoms with van der Waals surface area (Å²) in [4.78, 5) is 41.1. The van der Waals surface area contributed by atoms with Gasteiger partial charge in [0.2, 0.25) is 11.8 Å². The fraction of sp³-hybridized carbons (Fsp3) is 0.483. The van der Waals surface area contributed by atoms with Gasteiger partial charge in [-0.15, -0.1) is 0 Å². The van der Waals surface area contributed by atoms with E-state index in [2.05, 4.69) is 11.9 Å². The van der Waals surface area contributed by atoms with Crippen LogP contribution >= 0.6 is 23.2 Å². The highest BCUT2D eigenvalue weighted by Crippen LogP contribution is 2.48. The Kier molecular flexibility index (Phi) is 10.2. The van der Waals surface area contributed by atoms with Crippen LogP contribution in [0.4, 0.5) is 0 Å². The van der Waals surface area contributed by atoms with Crippen molar-refractivity contribution in [3.05, 3.63) is 70.3 Å². The molecule has 1 heterocycles. The Bertz CT molecular complexity index is 1110. The largest absolute Gasteiger partial charge is 0.481 e. The number of piperidine rings is 1. The first-order chi connectivity index (χ1) is 17.1. The molecule has 1 saturated heterocycles. The van der Waals surface area contributed by atoms with E-state index in [9.17, 15) is 19.5 Å². The van der Waals surface area contributed by atoms with Crippen molar-refractivity contribution in [3.63, 3.8) is 0 Å². The summed E-state index contributed by atoms with van der Waals surface area (Å²) in [7, 11) is 0. The van der Waals surface area contributed by atoms with Gasteiger partial charge in [0.25, 0.3) is 0 Å². The Morgan fingerprint density at radius 2 is 1.97 bits per heavy atom. The second-order valence-corrected chi connectivity index (χ2v) is 11.8. The molecule has 0 spiro atoms. The van der Waals surface area contributed by atoms with Crippen LogP contribution in [-0.4, -0.2) is 45.4 Å². The van der Waals surface area contributed by atoms with Gasteiger partial charge in [0, 0.05) is 21.5 Å². The molecule has 0 aromatic heterocycles. The number of aliphatic carboxylic acids is 1. The van der Waals surface area contributed by atoms with Gasteiger partial charge in [0.05, 0.1) is 17.9 Å². The number of benzene rings is 1. The Balaban J connectivity index is 2.79. The van der Waals surface area contributed by atoms with Gasteiger partial charge >= 0.3 is 5.97 Å². The summed E-state index contributed by atoms with van der Waals surface area (Å²) >= 11 is 12.6. The smallest absolute Gasteiger partial charge is 0.304 e. The van der Waals surface area contributed by atoms with Crippen molar-refractivity contribution >= 4 is 41.0 Å². The third-order valence-electron chi connectivity index (χ3n) is 6.56. The lowest BCUT2D eigenvalue weighted by Crippen LogP contribution is -2.64. The predicted octanol–water partition coefficient (Wildman–Crippen LogP) is 6.45. The van der Waals surface area contributed by atoms with Crippen LogP contribution in [0, 0.1) is 5.41 Å². The minimum Gasteiger partial charge on any atom is -0.481 e. The Morgan fingerprint density at radius 1 is 1.32 bits per heavy atom. The topological polar surface area (TPSA) is 86.7 Å². The zero-order chi connectivity index (χ0) is 28.1. The van der Waals surface area contributed by atoms with E-state index in [0.717, 1.165) is 5.56 Å². The van der Waals surface area contributed by atoms with E-state index < -0.39 is 29.0 Å². The van der Waals surface area contributed by atoms with Crippen molar-refractivity contribution in [1.29, 1.82) is 0 Å². The van der Waals surface area contributed by atoms with Crippen molar-refractivity contribution in [2.75, 3.05) is 0 Å². The fourth-order valence-electron chi connectivity index (χ4n) is 4.95. The molecule has 1 aromatic carbocycles. The number of halogens is 2. The molecule has 2 amide bonds. The van der Waals surface area contributed by atoms with Crippen LogP contribution < -0.4 is 5.32 Å². The summed E-state index contributed by atoms with van der Waals surface area (Å²) in [5, 5.41) is 13.7. The first-order valence-electron chi connectivity index (χ1n) is 12.4. The van der Waals surface area contributed by atoms with E-state index in [1.165, 1.54) is 0 Å². The van der Waals surface area contributed by atoms with Crippen molar-refractivity contribution in [2.24, 2.45) is 5.41 Å². The average Bonchev–Trinajstić information content (AvgIpc) is 2.78. The Labute approximate surface area is 230 Å². The van der Waals surface area contributed by atoms with E-state index in [0.29, 0.717) is 22.0 Å². The van der Waals surface area contributed by atoms with E-state index in [-0.39, 0.29) is 30.6 Å². The van der Waals surface area contributed by atoms with E-state index in [4.69, 9.17) is 23.2 Å². The minimum absolute atomic E-state index is 0.251. The van der Waals surface area contributed by atoms with E-state index in [1.807, 2.05) is 52.8 Å². The van der Waals surface area contributed by atoms with Crippen LogP contribution in [-0.2, 0) is 14.4 Å². The SMILES string of the molecule is C=C(/C=C\C(Cl)=C/C)[C@@H]1[C@@H](c2cccc(Cl)c2)C[C@](C)(CC(=O)O)C(=O)N1[C@@H](CC)C(=O)NC(C)(C)C. The normalized spacial score (nSPS) is 23.7. The molecule has 6 nitrogen and oxygen atoms in total. The number of hydrogen-bond donors (Lipinski definition) is 2. The van der Waals surface area contributed by atoms with Crippen LogP contribution in [0.25, 0.3) is 0 Å². The average molecular weight is 550 g/mol. The molecule has 0 bridgehead atoms. The zero-order valence-electron chi connectivity index (χ0n) is 22.5. The quantitative estimate of drug-likeness (QED) is 0.347. The molecule has 0 saturated carbocycles. The molecular formula is C29H38Cl2N2O4. The molecule has 8 heteroatoms. The number of amides is 2. The summed E-state index contributed by atoms with van der Waals surface area (Å²) in [6.45, 7) is 15.2. The Hall–Kier alpha value is -2.57. The maximum Gasteiger partial charge on any atom is 0.304 e. The summed E-state index contributed by atoms with van der Waals surface area (Å²) in [6.07, 6.45) is 5.40. The second-order valence-electron chi connectivity index (χ2n) is 10.9. The highest BCUT2D eigenvalue weighted by atomic mass is 35.5. The fourth-order valence-corrected chi connectivity index (χ4v) is 5.21. The molecule has 2 N–H and O–H groups in total. The van der Waals surface area contributed by atoms with Gasteiger partial charge in [-0.2, -0.15) is 0 Å². The molecule has 37 heavy (non-hydrogen) atoms. The summed E-state index contributed by atoms with van der Waals surface area (Å²) in [5.41, 5.74) is -0.344. The lowest BCUT2D eigenvalue weighted by molar-refractivity contribution is -0.161. The number of likely N-dealkylation sites (tertiary alicyclic amines) is 1. The standard InChI is InChI=1S/C29H38Cl2N2O4/c1-8-20(30)14-13-18(3)25-22(19-11-10-12-21(31)15-19)16-29(7,17-24(34)35)27(37)33(25)23(9-2)26(36)32-28(4,5)6/h8,10-15,22-23,25H,3,9,16-17H2,1-2,4-7H3,(H,32,36)(H,34,35)/b14-13-,20-8+/t22-,23+,25-,29-/m1/s1. The summed E-state index contributed by atoms with van der Waals surface area (Å²) in [5.74, 6) is -2.13. The van der Waals surface area contributed by atoms with Gasteiger partial charge in [0.1, 0.15) is 6.04 Å². The third kappa shape index (κ3) is 7.71. The molecule has 202 valence electrons. The highest BCUT2D eigenvalue weighted by Gasteiger charge is 2.53. The van der Waals surface area contributed by atoms with Gasteiger partial charge in [-0.05, 0) is 69.9 Å². The van der Waals surface area contributed by atoms with Gasteiger partial charge in [-0.1, -0.05) is 67.9 Å². The molecule has 0 radical (unpaired) electrons. The highest BCUT2D eigenvalue weighted by molar-refractivity contribution is 6.31. The van der Waals surface area contributed by atoms with Crippen molar-refractivity contribution in [3.8, 4) is 0 Å². The lowest BCUT2D eigenvalue weighted by atomic mass is 9.67. The first kappa shape index (κ1) is 30.7. The molecule has 0 aliphatic carbocycles. The maximum absolute atomic E-state index is 14.2. The van der Waals surface area contributed by atoms with E-state index >= 15 is 0 Å². The third-order valence-corrected chi connectivity index (χ3v) is 7.14. The second kappa shape index (κ2) is 12.3. The van der Waals surface area contributed by atoms with Gasteiger partial charge < -0.3 is 15.3 Å². The molecule has 0 unspecified atom stereocenters. The molecule has 2 rings (SSSR count). The first-order valence-corrected chi connectivity index (χ1v) is 13.2. The van der Waals surface area contributed by atoms with Gasteiger partial charge in [0.15, 0.2) is 0 Å². The summed E-state index contributed by atoms with van der Waals surface area (Å²) in [6, 6.07) is 5.85. The molecule has 4 atom stereocenters. The maximum atomic E-state index is 14.2. The molecular weight excluding hydrogens is 511 g/mol. The number of carboxylic acids is 1. The van der Waals surface area contributed by atoms with Gasteiger partial charge in [-0.25, -0.2) is 0 Å². The number of allylic oxidation sites excluding steroid dienone is 3. The zero-order valence-corrected chi connectivity index (χ0v) is 24.0. The molecule has 1 aliphatic heterocycles. The van der Waals surface area contributed by atoms with E-state index in [1.54, 1.807) is 36.1 Å². The number of carbonyl (C=O) groups is 3. The minimum atomic E-state index is -1.24.